The van der Waals surface area contributed by atoms with Crippen LogP contribution in [0.15, 0.2) is 18.2 Å². The van der Waals surface area contributed by atoms with Crippen molar-refractivity contribution < 1.29 is 14.3 Å². The van der Waals surface area contributed by atoms with Crippen molar-refractivity contribution in [3.63, 3.8) is 0 Å². The van der Waals surface area contributed by atoms with E-state index in [0.29, 0.717) is 23.1 Å². The minimum atomic E-state index is 0.0577. The molecule has 2 aliphatic rings. The van der Waals surface area contributed by atoms with Crippen LogP contribution in [0.2, 0.25) is 0 Å². The molecule has 0 bridgehead atoms. The van der Waals surface area contributed by atoms with Gasteiger partial charge in [-0.1, -0.05) is 0 Å². The number of nitrogens with zero attached hydrogens (tertiary/aromatic N) is 1. The summed E-state index contributed by atoms with van der Waals surface area (Å²) in [7, 11) is 0. The average molecular weight is 248 g/mol. The van der Waals surface area contributed by atoms with E-state index in [4.69, 9.17) is 9.47 Å². The van der Waals surface area contributed by atoms with Gasteiger partial charge < -0.3 is 19.7 Å². The van der Waals surface area contributed by atoms with Crippen molar-refractivity contribution in [2.24, 2.45) is 0 Å². The Morgan fingerprint density at radius 2 is 2.17 bits per heavy atom. The van der Waals surface area contributed by atoms with Gasteiger partial charge in [-0.3, -0.25) is 4.79 Å². The fourth-order valence-corrected chi connectivity index (χ4v) is 2.26. The third-order valence-electron chi connectivity index (χ3n) is 3.42. The van der Waals surface area contributed by atoms with E-state index in [0.717, 1.165) is 19.6 Å². The van der Waals surface area contributed by atoms with Crippen molar-refractivity contribution in [2.75, 3.05) is 26.4 Å². The lowest BCUT2D eigenvalue weighted by atomic mass is 10.1. The van der Waals surface area contributed by atoms with E-state index in [1.54, 1.807) is 18.2 Å². The van der Waals surface area contributed by atoms with Crippen LogP contribution in [0, 0.1) is 0 Å². The second kappa shape index (κ2) is 4.49. The molecule has 2 aliphatic heterocycles. The zero-order valence-corrected chi connectivity index (χ0v) is 10.3. The van der Waals surface area contributed by atoms with Crippen LogP contribution in [0.25, 0.3) is 0 Å². The fraction of sp³-hybridized carbons (Fsp3) is 0.462. The predicted molar refractivity (Wildman–Crippen MR) is 65.9 cm³/mol. The van der Waals surface area contributed by atoms with Gasteiger partial charge >= 0.3 is 0 Å². The maximum Gasteiger partial charge on any atom is 0.254 e. The maximum atomic E-state index is 12.4. The van der Waals surface area contributed by atoms with Crippen molar-refractivity contribution in [3.05, 3.63) is 23.8 Å². The highest BCUT2D eigenvalue weighted by molar-refractivity contribution is 5.95. The molecule has 0 spiro atoms. The zero-order chi connectivity index (χ0) is 12.5. The lowest BCUT2D eigenvalue weighted by Gasteiger charge is -2.37. The maximum absolute atomic E-state index is 12.4. The predicted octanol–water partition coefficient (Wildman–Crippen LogP) is 0.849. The number of benzene rings is 1. The lowest BCUT2D eigenvalue weighted by Crippen LogP contribution is -2.58. The van der Waals surface area contributed by atoms with Crippen LogP contribution in [-0.4, -0.2) is 43.3 Å². The first kappa shape index (κ1) is 11.3. The summed E-state index contributed by atoms with van der Waals surface area (Å²) in [4.78, 5) is 14.3. The lowest BCUT2D eigenvalue weighted by molar-refractivity contribution is 0.0630. The van der Waals surface area contributed by atoms with Crippen molar-refractivity contribution in [2.45, 2.75) is 13.0 Å². The molecule has 1 aromatic rings. The van der Waals surface area contributed by atoms with Crippen LogP contribution in [-0.2, 0) is 0 Å². The third kappa shape index (κ3) is 1.80. The van der Waals surface area contributed by atoms with E-state index in [9.17, 15) is 4.79 Å². The zero-order valence-electron chi connectivity index (χ0n) is 10.3. The highest BCUT2D eigenvalue weighted by Crippen LogP contribution is 2.32. The van der Waals surface area contributed by atoms with Crippen molar-refractivity contribution in [1.29, 1.82) is 0 Å². The van der Waals surface area contributed by atoms with Gasteiger partial charge in [0, 0.05) is 25.2 Å². The standard InChI is InChI=1S/C13H16N2O3/c1-2-15(10-6-14-7-10)13(16)9-3-4-11-12(5-9)18-8-17-11/h3-5,10,14H,2,6-8H2,1H3. The van der Waals surface area contributed by atoms with Gasteiger partial charge in [0.2, 0.25) is 6.79 Å². The second-order valence-corrected chi connectivity index (χ2v) is 4.47. The molecule has 96 valence electrons. The number of ether oxygens (including phenoxy) is 2. The Hall–Kier alpha value is -1.75. The summed E-state index contributed by atoms with van der Waals surface area (Å²) in [5, 5.41) is 3.19. The number of hydrogen-bond donors (Lipinski definition) is 1. The van der Waals surface area contributed by atoms with Crippen molar-refractivity contribution >= 4 is 5.91 Å². The summed E-state index contributed by atoms with van der Waals surface area (Å²) < 4.78 is 10.5. The number of likely N-dealkylation sites (N-methyl/N-ethyl adjacent to an activating group) is 1. The molecule has 0 atom stereocenters. The van der Waals surface area contributed by atoms with Gasteiger partial charge in [0.1, 0.15) is 0 Å². The minimum Gasteiger partial charge on any atom is -0.454 e. The molecule has 0 unspecified atom stereocenters. The largest absolute Gasteiger partial charge is 0.454 e. The average Bonchev–Trinajstić information content (AvgIpc) is 2.79. The molecule has 2 heterocycles. The Labute approximate surface area is 106 Å². The monoisotopic (exact) mass is 248 g/mol. The van der Waals surface area contributed by atoms with Crippen molar-refractivity contribution in [1.82, 2.24) is 10.2 Å². The Morgan fingerprint density at radius 1 is 1.39 bits per heavy atom. The van der Waals surface area contributed by atoms with Gasteiger partial charge in [-0.2, -0.15) is 0 Å². The van der Waals surface area contributed by atoms with Crippen LogP contribution in [0.5, 0.6) is 11.5 Å². The number of nitrogens with one attached hydrogen (secondary N) is 1. The molecule has 1 fully saturated rings. The first-order chi connectivity index (χ1) is 8.79. The van der Waals surface area contributed by atoms with Crippen LogP contribution in [0.4, 0.5) is 0 Å². The van der Waals surface area contributed by atoms with Gasteiger partial charge in [-0.15, -0.1) is 0 Å². The first-order valence-electron chi connectivity index (χ1n) is 6.21. The molecule has 0 aromatic heterocycles. The van der Waals surface area contributed by atoms with Crippen LogP contribution in [0.3, 0.4) is 0 Å². The van der Waals surface area contributed by atoms with Crippen LogP contribution >= 0.6 is 0 Å². The molecule has 18 heavy (non-hydrogen) atoms. The SMILES string of the molecule is CCN(C(=O)c1ccc2c(c1)OCO2)C1CNC1. The van der Waals surface area contributed by atoms with Gasteiger partial charge in [-0.05, 0) is 25.1 Å². The van der Waals surface area contributed by atoms with E-state index < -0.39 is 0 Å². The summed E-state index contributed by atoms with van der Waals surface area (Å²) in [6, 6.07) is 5.67. The number of carbonyl (C=O) groups excluding carboxylic acids is 1. The Kier molecular flexibility index (Phi) is 2.83. The Morgan fingerprint density at radius 3 is 2.83 bits per heavy atom. The molecule has 1 amide bonds. The summed E-state index contributed by atoms with van der Waals surface area (Å²) in [6.07, 6.45) is 0. The van der Waals surface area contributed by atoms with E-state index in [-0.39, 0.29) is 12.7 Å². The molecule has 0 aliphatic carbocycles. The molecule has 1 aromatic carbocycles. The molecule has 5 heteroatoms. The van der Waals surface area contributed by atoms with E-state index >= 15 is 0 Å². The van der Waals surface area contributed by atoms with Gasteiger partial charge in [0.15, 0.2) is 11.5 Å². The molecular weight excluding hydrogens is 232 g/mol. The summed E-state index contributed by atoms with van der Waals surface area (Å²) in [5.74, 6) is 1.42. The van der Waals surface area contributed by atoms with Gasteiger partial charge in [0.25, 0.3) is 5.91 Å². The van der Waals surface area contributed by atoms with Gasteiger partial charge in [0.05, 0.1) is 6.04 Å². The Balaban J connectivity index is 1.82. The number of amides is 1. The van der Waals surface area contributed by atoms with Gasteiger partial charge in [-0.25, -0.2) is 0 Å². The molecule has 5 nitrogen and oxygen atoms in total. The van der Waals surface area contributed by atoms with Crippen molar-refractivity contribution in [3.8, 4) is 11.5 Å². The summed E-state index contributed by atoms with van der Waals surface area (Å²) >= 11 is 0. The quantitative estimate of drug-likeness (QED) is 0.861. The topological polar surface area (TPSA) is 50.8 Å². The fourth-order valence-electron chi connectivity index (χ4n) is 2.26. The first-order valence-corrected chi connectivity index (χ1v) is 6.21. The number of rotatable bonds is 3. The van der Waals surface area contributed by atoms with E-state index in [2.05, 4.69) is 5.32 Å². The molecular formula is C13H16N2O3. The van der Waals surface area contributed by atoms with E-state index in [1.807, 2.05) is 11.8 Å². The highest BCUT2D eigenvalue weighted by Gasteiger charge is 2.28. The molecule has 0 saturated carbocycles. The summed E-state index contributed by atoms with van der Waals surface area (Å²) in [6.45, 7) is 4.72. The minimum absolute atomic E-state index is 0.0577. The van der Waals surface area contributed by atoms with Crippen LogP contribution < -0.4 is 14.8 Å². The third-order valence-corrected chi connectivity index (χ3v) is 3.42. The summed E-state index contributed by atoms with van der Waals surface area (Å²) in [5.41, 5.74) is 0.660. The molecule has 1 N–H and O–H groups in total. The number of carbonyl (C=O) groups is 1. The van der Waals surface area contributed by atoms with Crippen LogP contribution in [0.1, 0.15) is 17.3 Å². The van der Waals surface area contributed by atoms with E-state index in [1.165, 1.54) is 0 Å². The molecule has 1 saturated heterocycles. The number of fused-ring (bicyclic) bond motifs is 1. The molecule has 3 rings (SSSR count). The normalized spacial score (nSPS) is 17.4. The Bertz CT molecular complexity index is 471. The smallest absolute Gasteiger partial charge is 0.254 e. The highest BCUT2D eigenvalue weighted by atomic mass is 16.7. The number of hydrogen-bond acceptors (Lipinski definition) is 4. The molecule has 0 radical (unpaired) electrons. The second-order valence-electron chi connectivity index (χ2n) is 4.47.